The van der Waals surface area contributed by atoms with Gasteiger partial charge in [-0.1, -0.05) is 115 Å². The van der Waals surface area contributed by atoms with E-state index >= 15 is 0 Å². The molecule has 7 aromatic carbocycles. The second-order valence-corrected chi connectivity index (χ2v) is 10.3. The summed E-state index contributed by atoms with van der Waals surface area (Å²) in [5.41, 5.74) is 8.58. The molecule has 0 spiro atoms. The summed E-state index contributed by atoms with van der Waals surface area (Å²) < 4.78 is 2.39. The Hall–Kier alpha value is -5.14. The first-order chi connectivity index (χ1) is 19.3. The zero-order chi connectivity index (χ0) is 25.8. The minimum Gasteiger partial charge on any atom is -0.309 e. The van der Waals surface area contributed by atoms with Gasteiger partial charge in [-0.25, -0.2) is 0 Å². The van der Waals surface area contributed by atoms with Crippen molar-refractivity contribution < 1.29 is 0 Å². The molecule has 0 N–H and O–H groups in total. The Kier molecular flexibility index (Phi) is 4.89. The third kappa shape index (κ3) is 3.63. The van der Waals surface area contributed by atoms with Crippen molar-refractivity contribution >= 4 is 43.4 Å². The fourth-order valence-corrected chi connectivity index (χ4v) is 5.97. The quantitative estimate of drug-likeness (QED) is 0.230. The van der Waals surface area contributed by atoms with E-state index in [0.29, 0.717) is 0 Å². The van der Waals surface area contributed by atoms with Gasteiger partial charge >= 0.3 is 0 Å². The SMILES string of the molecule is c1ccc2cc(-c3ccc(-c4ccc5c(c4)c4ccccc4n5-c4ccc5ccccc5c4)cc3)ccc2c1. The maximum Gasteiger partial charge on any atom is 0.0541 e. The molecule has 1 nitrogen and oxygen atoms in total. The molecule has 0 saturated carbocycles. The van der Waals surface area contributed by atoms with Crippen LogP contribution in [0.4, 0.5) is 0 Å². The highest BCUT2D eigenvalue weighted by atomic mass is 15.0. The maximum absolute atomic E-state index is 2.39. The Morgan fingerprint density at radius 3 is 1.56 bits per heavy atom. The molecule has 8 aromatic rings. The lowest BCUT2D eigenvalue weighted by atomic mass is 9.97. The van der Waals surface area contributed by atoms with Gasteiger partial charge in [0.1, 0.15) is 0 Å². The van der Waals surface area contributed by atoms with Crippen LogP contribution in [0, 0.1) is 0 Å². The van der Waals surface area contributed by atoms with Crippen LogP contribution < -0.4 is 0 Å². The molecule has 39 heavy (non-hydrogen) atoms. The maximum atomic E-state index is 2.39. The number of fused-ring (bicyclic) bond motifs is 5. The van der Waals surface area contributed by atoms with Crippen LogP contribution in [0.3, 0.4) is 0 Å². The van der Waals surface area contributed by atoms with Crippen molar-refractivity contribution in [3.8, 4) is 27.9 Å². The second-order valence-electron chi connectivity index (χ2n) is 10.3. The first kappa shape index (κ1) is 21.9. The molecule has 0 radical (unpaired) electrons. The van der Waals surface area contributed by atoms with Crippen molar-refractivity contribution in [2.24, 2.45) is 0 Å². The number of rotatable bonds is 3. The predicted molar refractivity (Wildman–Crippen MR) is 167 cm³/mol. The molecule has 0 atom stereocenters. The Bertz CT molecular complexity index is 2160. The number of nitrogens with zero attached hydrogens (tertiary/aromatic N) is 1. The molecule has 0 aliphatic heterocycles. The lowest BCUT2D eigenvalue weighted by Crippen LogP contribution is -1.93. The molecule has 0 unspecified atom stereocenters. The zero-order valence-electron chi connectivity index (χ0n) is 21.4. The van der Waals surface area contributed by atoms with Crippen LogP contribution >= 0.6 is 0 Å². The Morgan fingerprint density at radius 1 is 0.308 bits per heavy atom. The smallest absolute Gasteiger partial charge is 0.0541 e. The van der Waals surface area contributed by atoms with E-state index in [-0.39, 0.29) is 0 Å². The Labute approximate surface area is 227 Å². The Balaban J connectivity index is 1.23. The molecular weight excluding hydrogens is 470 g/mol. The van der Waals surface area contributed by atoms with Gasteiger partial charge < -0.3 is 4.57 Å². The lowest BCUT2D eigenvalue weighted by Gasteiger charge is -2.10. The van der Waals surface area contributed by atoms with Gasteiger partial charge in [-0.2, -0.15) is 0 Å². The van der Waals surface area contributed by atoms with Crippen molar-refractivity contribution in [1.29, 1.82) is 0 Å². The van der Waals surface area contributed by atoms with Crippen molar-refractivity contribution in [1.82, 2.24) is 4.57 Å². The molecule has 8 rings (SSSR count). The number of para-hydroxylation sites is 1. The van der Waals surface area contributed by atoms with Gasteiger partial charge in [0.2, 0.25) is 0 Å². The number of benzene rings is 7. The van der Waals surface area contributed by atoms with Crippen molar-refractivity contribution in [3.05, 3.63) is 152 Å². The predicted octanol–water partition coefficient (Wildman–Crippen LogP) is 10.4. The molecule has 1 heteroatoms. The first-order valence-corrected chi connectivity index (χ1v) is 13.4. The van der Waals surface area contributed by atoms with E-state index < -0.39 is 0 Å². The third-order valence-corrected chi connectivity index (χ3v) is 7.96. The van der Waals surface area contributed by atoms with Crippen molar-refractivity contribution in [2.75, 3.05) is 0 Å². The van der Waals surface area contributed by atoms with Gasteiger partial charge in [-0.15, -0.1) is 0 Å². The summed E-state index contributed by atoms with van der Waals surface area (Å²) in [6.45, 7) is 0. The van der Waals surface area contributed by atoms with Crippen LogP contribution in [0.5, 0.6) is 0 Å². The van der Waals surface area contributed by atoms with Gasteiger partial charge in [-0.3, -0.25) is 0 Å². The Morgan fingerprint density at radius 2 is 0.821 bits per heavy atom. The number of aromatic nitrogens is 1. The van der Waals surface area contributed by atoms with Crippen LogP contribution in [0.1, 0.15) is 0 Å². The molecule has 0 aliphatic rings. The van der Waals surface area contributed by atoms with E-state index in [4.69, 9.17) is 0 Å². The van der Waals surface area contributed by atoms with Gasteiger partial charge in [-0.05, 0) is 80.2 Å². The normalized spacial score (nSPS) is 11.6. The van der Waals surface area contributed by atoms with Crippen molar-refractivity contribution in [3.63, 3.8) is 0 Å². The molecule has 0 amide bonds. The average molecular weight is 496 g/mol. The van der Waals surface area contributed by atoms with Crippen LogP contribution in [-0.2, 0) is 0 Å². The standard InChI is InChI=1S/C38H25N/c1-3-9-30-23-32(18-17-26(30)7-1)28-13-15-29(16-14-28)33-20-22-38-36(25-33)35-11-5-6-12-37(35)39(38)34-21-19-27-8-2-4-10-31(27)24-34/h1-25H. The second kappa shape index (κ2) is 8.72. The van der Waals surface area contributed by atoms with Gasteiger partial charge in [0.25, 0.3) is 0 Å². The van der Waals surface area contributed by atoms with Gasteiger partial charge in [0, 0.05) is 16.5 Å². The summed E-state index contributed by atoms with van der Waals surface area (Å²) >= 11 is 0. The summed E-state index contributed by atoms with van der Waals surface area (Å²) in [5, 5.41) is 7.60. The van der Waals surface area contributed by atoms with Crippen LogP contribution in [0.2, 0.25) is 0 Å². The lowest BCUT2D eigenvalue weighted by molar-refractivity contribution is 1.19. The highest BCUT2D eigenvalue weighted by Gasteiger charge is 2.13. The molecule has 182 valence electrons. The highest BCUT2D eigenvalue weighted by molar-refractivity contribution is 6.10. The zero-order valence-corrected chi connectivity index (χ0v) is 21.4. The summed E-state index contributed by atoms with van der Waals surface area (Å²) in [5.74, 6) is 0. The molecule has 1 heterocycles. The van der Waals surface area contributed by atoms with E-state index in [9.17, 15) is 0 Å². The highest BCUT2D eigenvalue weighted by Crippen LogP contribution is 2.36. The van der Waals surface area contributed by atoms with E-state index in [1.54, 1.807) is 0 Å². The number of hydrogen-bond donors (Lipinski definition) is 0. The molecule has 0 bridgehead atoms. The largest absolute Gasteiger partial charge is 0.309 e. The van der Waals surface area contributed by atoms with E-state index in [1.165, 1.54) is 71.3 Å². The fraction of sp³-hybridized carbons (Fsp3) is 0. The van der Waals surface area contributed by atoms with E-state index in [0.717, 1.165) is 0 Å². The molecule has 0 aliphatic carbocycles. The van der Waals surface area contributed by atoms with Crippen LogP contribution in [0.15, 0.2) is 152 Å². The minimum atomic E-state index is 1.19. The topological polar surface area (TPSA) is 4.93 Å². The summed E-state index contributed by atoms with van der Waals surface area (Å²) in [4.78, 5) is 0. The van der Waals surface area contributed by atoms with Gasteiger partial charge in [0.05, 0.1) is 11.0 Å². The average Bonchev–Trinajstić information content (AvgIpc) is 3.34. The monoisotopic (exact) mass is 495 g/mol. The molecule has 0 saturated heterocycles. The van der Waals surface area contributed by atoms with Gasteiger partial charge in [0.15, 0.2) is 0 Å². The first-order valence-electron chi connectivity index (χ1n) is 13.4. The van der Waals surface area contributed by atoms with Crippen LogP contribution in [0.25, 0.3) is 71.3 Å². The van der Waals surface area contributed by atoms with Crippen LogP contribution in [-0.4, -0.2) is 4.57 Å². The summed E-state index contributed by atoms with van der Waals surface area (Å²) in [7, 11) is 0. The third-order valence-electron chi connectivity index (χ3n) is 7.96. The summed E-state index contributed by atoms with van der Waals surface area (Å²) in [6.07, 6.45) is 0. The fourth-order valence-electron chi connectivity index (χ4n) is 5.97. The van der Waals surface area contributed by atoms with E-state index in [1.807, 2.05) is 0 Å². The molecule has 0 fully saturated rings. The van der Waals surface area contributed by atoms with E-state index in [2.05, 4.69) is 156 Å². The minimum absolute atomic E-state index is 1.19. The summed E-state index contributed by atoms with van der Waals surface area (Å²) in [6, 6.07) is 55.1. The molecular formula is C38H25N. The van der Waals surface area contributed by atoms with Crippen molar-refractivity contribution in [2.45, 2.75) is 0 Å². The number of hydrogen-bond acceptors (Lipinski definition) is 0. The molecule has 1 aromatic heterocycles.